The van der Waals surface area contributed by atoms with Gasteiger partial charge in [-0.2, -0.15) is 0 Å². The first-order valence-corrected chi connectivity index (χ1v) is 12.9. The zero-order chi connectivity index (χ0) is 22.5. The number of unbranched alkanes of at least 4 members (excludes halogenated alkanes) is 12. The topological polar surface area (TPSA) is 52.6 Å². The summed E-state index contributed by atoms with van der Waals surface area (Å²) in [5.74, 6) is 0.168. The molecule has 0 rings (SSSR count). The highest BCUT2D eigenvalue weighted by Crippen LogP contribution is 2.13. The minimum atomic E-state index is -0.123. The molecule has 0 saturated carbocycles. The first-order valence-electron chi connectivity index (χ1n) is 12.9. The molecule has 0 fully saturated rings. The summed E-state index contributed by atoms with van der Waals surface area (Å²) in [6.45, 7) is 8.97. The van der Waals surface area contributed by atoms with Gasteiger partial charge >= 0.3 is 11.9 Å². The van der Waals surface area contributed by atoms with Gasteiger partial charge in [0.25, 0.3) is 0 Å². The molecule has 0 aliphatic carbocycles. The van der Waals surface area contributed by atoms with E-state index in [0.717, 1.165) is 38.5 Å². The minimum absolute atomic E-state index is 0.0203. The molecule has 0 radical (unpaired) electrons. The molecule has 0 spiro atoms. The van der Waals surface area contributed by atoms with E-state index < -0.39 is 0 Å². The zero-order valence-corrected chi connectivity index (χ0v) is 20.5. The molecule has 0 bridgehead atoms. The third kappa shape index (κ3) is 18.9. The maximum absolute atomic E-state index is 11.8. The van der Waals surface area contributed by atoms with Crippen molar-refractivity contribution in [3.05, 3.63) is 0 Å². The molecular weight excluding hydrogens is 376 g/mol. The summed E-state index contributed by atoms with van der Waals surface area (Å²) in [7, 11) is 0. The predicted molar refractivity (Wildman–Crippen MR) is 126 cm³/mol. The highest BCUT2D eigenvalue weighted by Gasteiger charge is 2.14. The van der Waals surface area contributed by atoms with Crippen molar-refractivity contribution in [1.82, 2.24) is 0 Å². The Bertz CT molecular complexity index is 408. The van der Waals surface area contributed by atoms with Crippen molar-refractivity contribution in [3.63, 3.8) is 0 Å². The summed E-state index contributed by atoms with van der Waals surface area (Å²) in [4.78, 5) is 23.6. The molecule has 178 valence electrons. The van der Waals surface area contributed by atoms with Crippen LogP contribution in [0.2, 0.25) is 0 Å². The molecule has 0 amide bonds. The molecular formula is C26H50O4. The van der Waals surface area contributed by atoms with E-state index in [-0.39, 0.29) is 18.0 Å². The van der Waals surface area contributed by atoms with Gasteiger partial charge in [-0.1, -0.05) is 97.8 Å². The van der Waals surface area contributed by atoms with E-state index in [0.29, 0.717) is 25.4 Å². The second-order valence-electron chi connectivity index (χ2n) is 8.90. The normalized spacial score (nSPS) is 13.1. The van der Waals surface area contributed by atoms with Crippen LogP contribution in [0.3, 0.4) is 0 Å². The van der Waals surface area contributed by atoms with E-state index in [4.69, 9.17) is 9.47 Å². The van der Waals surface area contributed by atoms with Crippen LogP contribution in [0.25, 0.3) is 0 Å². The van der Waals surface area contributed by atoms with Crippen LogP contribution in [-0.2, 0) is 19.1 Å². The lowest BCUT2D eigenvalue weighted by Crippen LogP contribution is -2.21. The van der Waals surface area contributed by atoms with Crippen molar-refractivity contribution >= 4 is 11.9 Å². The van der Waals surface area contributed by atoms with Crippen molar-refractivity contribution in [1.29, 1.82) is 0 Å². The minimum Gasteiger partial charge on any atom is -0.466 e. The van der Waals surface area contributed by atoms with Crippen LogP contribution in [-0.4, -0.2) is 24.6 Å². The van der Waals surface area contributed by atoms with E-state index in [1.54, 1.807) is 0 Å². The van der Waals surface area contributed by atoms with Crippen LogP contribution in [0.15, 0.2) is 0 Å². The first kappa shape index (κ1) is 28.9. The number of esters is 2. The Morgan fingerprint density at radius 3 is 1.63 bits per heavy atom. The molecule has 0 aromatic heterocycles. The fourth-order valence-electron chi connectivity index (χ4n) is 3.45. The monoisotopic (exact) mass is 426 g/mol. The van der Waals surface area contributed by atoms with E-state index in [1.807, 2.05) is 6.92 Å². The summed E-state index contributed by atoms with van der Waals surface area (Å²) >= 11 is 0. The Kier molecular flexibility index (Phi) is 20.4. The molecule has 2 unspecified atom stereocenters. The zero-order valence-electron chi connectivity index (χ0n) is 20.5. The number of hydrogen-bond donors (Lipinski definition) is 0. The summed E-state index contributed by atoms with van der Waals surface area (Å²) in [5.41, 5.74) is 0. The lowest BCUT2D eigenvalue weighted by Gasteiger charge is -2.18. The standard InChI is InChI=1S/C26H50O4/c1-5-7-8-9-10-11-12-13-14-15-19-22-29-25(27)20-17-16-18-21-26(28)30-24(4)23(3)6-2/h23-24H,5-22H2,1-4H3. The van der Waals surface area contributed by atoms with Crippen molar-refractivity contribution in [3.8, 4) is 0 Å². The van der Waals surface area contributed by atoms with Crippen molar-refractivity contribution in [2.75, 3.05) is 6.61 Å². The molecule has 4 heteroatoms. The van der Waals surface area contributed by atoms with Crippen molar-refractivity contribution in [2.45, 2.75) is 143 Å². The van der Waals surface area contributed by atoms with Crippen LogP contribution in [0, 0.1) is 5.92 Å². The second-order valence-corrected chi connectivity index (χ2v) is 8.90. The molecule has 0 aliphatic rings. The summed E-state index contributed by atoms with van der Waals surface area (Å²) in [6, 6.07) is 0. The van der Waals surface area contributed by atoms with Gasteiger partial charge in [-0.05, 0) is 32.1 Å². The maximum atomic E-state index is 11.8. The molecule has 30 heavy (non-hydrogen) atoms. The van der Waals surface area contributed by atoms with Crippen LogP contribution < -0.4 is 0 Å². The molecule has 0 aromatic carbocycles. The van der Waals surface area contributed by atoms with Crippen LogP contribution in [0.5, 0.6) is 0 Å². The molecule has 0 heterocycles. The Morgan fingerprint density at radius 2 is 1.10 bits per heavy atom. The second kappa shape index (κ2) is 21.2. The van der Waals surface area contributed by atoms with Gasteiger partial charge in [0.05, 0.1) is 6.61 Å². The van der Waals surface area contributed by atoms with Crippen molar-refractivity contribution in [2.24, 2.45) is 5.92 Å². The predicted octanol–water partition coefficient (Wildman–Crippen LogP) is 7.77. The Morgan fingerprint density at radius 1 is 0.633 bits per heavy atom. The van der Waals surface area contributed by atoms with Gasteiger partial charge in [0.2, 0.25) is 0 Å². The smallest absolute Gasteiger partial charge is 0.306 e. The molecule has 0 aromatic rings. The third-order valence-electron chi connectivity index (χ3n) is 6.04. The summed E-state index contributed by atoms with van der Waals surface area (Å²) < 4.78 is 10.7. The largest absolute Gasteiger partial charge is 0.466 e. The first-order chi connectivity index (χ1) is 14.5. The molecule has 2 atom stereocenters. The SMILES string of the molecule is CCCCCCCCCCCCCOC(=O)CCCCCC(=O)OC(C)C(C)CC. The van der Waals surface area contributed by atoms with E-state index in [1.165, 1.54) is 57.8 Å². The lowest BCUT2D eigenvalue weighted by molar-refractivity contribution is -0.150. The maximum Gasteiger partial charge on any atom is 0.306 e. The van der Waals surface area contributed by atoms with Gasteiger partial charge < -0.3 is 9.47 Å². The third-order valence-corrected chi connectivity index (χ3v) is 6.04. The lowest BCUT2D eigenvalue weighted by atomic mass is 10.0. The fraction of sp³-hybridized carbons (Fsp3) is 0.923. The van der Waals surface area contributed by atoms with E-state index >= 15 is 0 Å². The van der Waals surface area contributed by atoms with Gasteiger partial charge in [0.1, 0.15) is 6.10 Å². The van der Waals surface area contributed by atoms with Gasteiger partial charge in [-0.3, -0.25) is 9.59 Å². The number of hydrogen-bond acceptors (Lipinski definition) is 4. The number of ether oxygens (including phenoxy) is 2. The average Bonchev–Trinajstić information content (AvgIpc) is 2.73. The van der Waals surface area contributed by atoms with Crippen molar-refractivity contribution < 1.29 is 19.1 Å². The van der Waals surface area contributed by atoms with Gasteiger partial charge in [-0.15, -0.1) is 0 Å². The number of rotatable bonds is 21. The van der Waals surface area contributed by atoms with Crippen LogP contribution in [0.4, 0.5) is 0 Å². The van der Waals surface area contributed by atoms with Gasteiger partial charge in [-0.25, -0.2) is 0 Å². The average molecular weight is 427 g/mol. The molecule has 0 aliphatic heterocycles. The highest BCUT2D eigenvalue weighted by molar-refractivity contribution is 5.70. The van der Waals surface area contributed by atoms with Crippen LogP contribution >= 0.6 is 0 Å². The summed E-state index contributed by atoms with van der Waals surface area (Å²) in [6.07, 6.45) is 18.6. The van der Waals surface area contributed by atoms with E-state index in [2.05, 4.69) is 20.8 Å². The molecule has 0 N–H and O–H groups in total. The molecule has 0 saturated heterocycles. The number of carbonyl (C=O) groups is 2. The highest BCUT2D eigenvalue weighted by atomic mass is 16.5. The van der Waals surface area contributed by atoms with Crippen LogP contribution in [0.1, 0.15) is 137 Å². The fourth-order valence-corrected chi connectivity index (χ4v) is 3.45. The quantitative estimate of drug-likeness (QED) is 0.139. The van der Waals surface area contributed by atoms with Gasteiger partial charge in [0, 0.05) is 12.8 Å². The van der Waals surface area contributed by atoms with Gasteiger partial charge in [0.15, 0.2) is 0 Å². The molecule has 4 nitrogen and oxygen atoms in total. The Hall–Kier alpha value is -1.06. The Labute approximate surface area is 186 Å². The Balaban J connectivity index is 3.37. The summed E-state index contributed by atoms with van der Waals surface area (Å²) in [5, 5.41) is 0. The van der Waals surface area contributed by atoms with E-state index in [9.17, 15) is 9.59 Å². The number of carbonyl (C=O) groups excluding carboxylic acids is 2.